The Hall–Kier alpha value is -1.78. The molecular weight excluding hydrogens is 246 g/mol. The van der Waals surface area contributed by atoms with Crippen LogP contribution in [0.25, 0.3) is 0 Å². The summed E-state index contributed by atoms with van der Waals surface area (Å²) in [5.74, 6) is -0.912. The number of carbonyl (C=O) groups is 2. The van der Waals surface area contributed by atoms with Gasteiger partial charge in [-0.1, -0.05) is 6.42 Å². The Morgan fingerprint density at radius 1 is 1.37 bits per heavy atom. The number of hydrogen-bond acceptors (Lipinski definition) is 3. The lowest BCUT2D eigenvalue weighted by Crippen LogP contribution is -2.41. The van der Waals surface area contributed by atoms with Crippen molar-refractivity contribution >= 4 is 11.9 Å². The first kappa shape index (κ1) is 13.6. The third-order valence-corrected chi connectivity index (χ3v) is 3.59. The van der Waals surface area contributed by atoms with Crippen LogP contribution in [0.4, 0.5) is 0 Å². The number of hydrogen-bond donors (Lipinski definition) is 1. The summed E-state index contributed by atoms with van der Waals surface area (Å²) >= 11 is 0. The minimum Gasteiger partial charge on any atom is -0.475 e. The second-order valence-corrected chi connectivity index (χ2v) is 5.32. The van der Waals surface area contributed by atoms with Crippen molar-refractivity contribution in [2.24, 2.45) is 5.92 Å². The minimum atomic E-state index is -1.16. The minimum absolute atomic E-state index is 0.0754. The van der Waals surface area contributed by atoms with Crippen molar-refractivity contribution in [3.63, 3.8) is 0 Å². The Balaban J connectivity index is 2.10. The van der Waals surface area contributed by atoms with Crippen LogP contribution < -0.4 is 0 Å². The molecule has 0 aliphatic heterocycles. The monoisotopic (exact) mass is 265 g/mol. The molecule has 5 nitrogen and oxygen atoms in total. The molecule has 19 heavy (non-hydrogen) atoms. The van der Waals surface area contributed by atoms with Gasteiger partial charge < -0.3 is 14.4 Å². The molecule has 0 saturated heterocycles. The predicted molar refractivity (Wildman–Crippen MR) is 69.2 cm³/mol. The van der Waals surface area contributed by atoms with E-state index in [1.807, 2.05) is 13.8 Å². The molecule has 1 aromatic heterocycles. The van der Waals surface area contributed by atoms with Crippen molar-refractivity contribution in [3.8, 4) is 0 Å². The molecule has 1 aliphatic carbocycles. The third kappa shape index (κ3) is 2.97. The molecule has 1 aliphatic rings. The van der Waals surface area contributed by atoms with Crippen LogP contribution >= 0.6 is 0 Å². The molecular formula is C14H19NO4. The van der Waals surface area contributed by atoms with Crippen LogP contribution in [0.1, 0.15) is 54.2 Å². The van der Waals surface area contributed by atoms with Gasteiger partial charge in [-0.25, -0.2) is 4.79 Å². The van der Waals surface area contributed by atoms with Crippen LogP contribution in [0.15, 0.2) is 16.5 Å². The first-order valence-corrected chi connectivity index (χ1v) is 6.63. The summed E-state index contributed by atoms with van der Waals surface area (Å²) in [6, 6.07) is 2.82. The van der Waals surface area contributed by atoms with Gasteiger partial charge in [0.1, 0.15) is 0 Å². The number of carbonyl (C=O) groups excluding carboxylic acids is 1. The smallest absolute Gasteiger partial charge is 0.371 e. The van der Waals surface area contributed by atoms with Gasteiger partial charge in [0, 0.05) is 12.6 Å². The molecule has 0 spiro atoms. The molecule has 1 heterocycles. The van der Waals surface area contributed by atoms with E-state index in [0.29, 0.717) is 5.92 Å². The highest BCUT2D eigenvalue weighted by atomic mass is 16.4. The van der Waals surface area contributed by atoms with E-state index in [0.717, 1.165) is 19.4 Å². The highest BCUT2D eigenvalue weighted by Gasteiger charge is 2.28. The number of rotatable bonds is 5. The Morgan fingerprint density at radius 3 is 2.42 bits per heavy atom. The number of nitrogens with zero attached hydrogens (tertiary/aromatic N) is 1. The number of carboxylic acid groups (broad SMARTS) is 1. The largest absolute Gasteiger partial charge is 0.475 e. The average Bonchev–Trinajstić information content (AvgIpc) is 2.75. The zero-order valence-electron chi connectivity index (χ0n) is 11.3. The number of amides is 1. The Bertz CT molecular complexity index is 474. The maximum absolute atomic E-state index is 12.3. The van der Waals surface area contributed by atoms with E-state index < -0.39 is 5.97 Å². The zero-order chi connectivity index (χ0) is 14.0. The lowest BCUT2D eigenvalue weighted by Gasteiger charge is -2.34. The summed E-state index contributed by atoms with van der Waals surface area (Å²) in [5.41, 5.74) is 0. The summed E-state index contributed by atoms with van der Waals surface area (Å²) in [6.07, 6.45) is 3.55. The first-order chi connectivity index (χ1) is 8.99. The van der Waals surface area contributed by atoms with Gasteiger partial charge in [0.05, 0.1) is 0 Å². The molecule has 1 aromatic rings. The Kier molecular flexibility index (Phi) is 3.93. The van der Waals surface area contributed by atoms with Crippen LogP contribution in [0.5, 0.6) is 0 Å². The predicted octanol–water partition coefficient (Wildman–Crippen LogP) is 2.63. The molecule has 0 radical (unpaired) electrons. The van der Waals surface area contributed by atoms with E-state index in [1.165, 1.54) is 18.6 Å². The van der Waals surface area contributed by atoms with Crippen molar-refractivity contribution in [1.29, 1.82) is 0 Å². The zero-order valence-corrected chi connectivity index (χ0v) is 11.3. The molecule has 1 fully saturated rings. The molecule has 2 rings (SSSR count). The van der Waals surface area contributed by atoms with Crippen LogP contribution in [-0.2, 0) is 0 Å². The summed E-state index contributed by atoms with van der Waals surface area (Å²) < 4.78 is 5.08. The van der Waals surface area contributed by atoms with Crippen molar-refractivity contribution in [3.05, 3.63) is 23.7 Å². The second-order valence-electron chi connectivity index (χ2n) is 5.32. The molecule has 0 unspecified atom stereocenters. The van der Waals surface area contributed by atoms with Gasteiger partial charge in [-0.3, -0.25) is 4.79 Å². The molecule has 0 bridgehead atoms. The second kappa shape index (κ2) is 5.47. The van der Waals surface area contributed by atoms with Gasteiger partial charge in [0.2, 0.25) is 5.76 Å². The van der Waals surface area contributed by atoms with Gasteiger partial charge in [0.25, 0.3) is 5.91 Å². The fourth-order valence-electron chi connectivity index (χ4n) is 2.19. The van der Waals surface area contributed by atoms with Gasteiger partial charge in [-0.2, -0.15) is 0 Å². The molecule has 0 atom stereocenters. The van der Waals surface area contributed by atoms with E-state index in [4.69, 9.17) is 9.52 Å². The topological polar surface area (TPSA) is 70.8 Å². The highest BCUT2D eigenvalue weighted by molar-refractivity contribution is 5.93. The standard InChI is InChI=1S/C14H19NO4/c1-9(2)15(8-10-4-3-5-10)13(16)11-6-7-12(19-11)14(17)18/h6-7,9-10H,3-5,8H2,1-2H3,(H,17,18). The summed E-state index contributed by atoms with van der Waals surface area (Å²) in [6.45, 7) is 4.63. The first-order valence-electron chi connectivity index (χ1n) is 6.63. The van der Waals surface area contributed by atoms with E-state index >= 15 is 0 Å². The van der Waals surface area contributed by atoms with Crippen LogP contribution in [-0.4, -0.2) is 34.5 Å². The third-order valence-electron chi connectivity index (χ3n) is 3.59. The van der Waals surface area contributed by atoms with Crippen molar-refractivity contribution in [2.75, 3.05) is 6.54 Å². The summed E-state index contributed by atoms with van der Waals surface area (Å²) in [4.78, 5) is 24.9. The molecule has 1 N–H and O–H groups in total. The highest BCUT2D eigenvalue weighted by Crippen LogP contribution is 2.28. The summed E-state index contributed by atoms with van der Waals surface area (Å²) in [7, 11) is 0. The van der Waals surface area contributed by atoms with Crippen LogP contribution in [0.2, 0.25) is 0 Å². The van der Waals surface area contributed by atoms with Crippen molar-refractivity contribution < 1.29 is 19.1 Å². The Labute approximate surface area is 112 Å². The molecule has 5 heteroatoms. The molecule has 1 saturated carbocycles. The number of aromatic carboxylic acids is 1. The molecule has 0 aromatic carbocycles. The van der Waals surface area contributed by atoms with Crippen molar-refractivity contribution in [1.82, 2.24) is 4.90 Å². The molecule has 1 amide bonds. The fourth-order valence-corrected chi connectivity index (χ4v) is 2.19. The van der Waals surface area contributed by atoms with Crippen molar-refractivity contribution in [2.45, 2.75) is 39.2 Å². The maximum atomic E-state index is 12.3. The fraction of sp³-hybridized carbons (Fsp3) is 0.571. The van der Waals surface area contributed by atoms with Gasteiger partial charge in [-0.15, -0.1) is 0 Å². The van der Waals surface area contributed by atoms with E-state index in [9.17, 15) is 9.59 Å². The van der Waals surface area contributed by atoms with Crippen LogP contribution in [0, 0.1) is 5.92 Å². The number of carboxylic acids is 1. The van der Waals surface area contributed by atoms with Crippen LogP contribution in [0.3, 0.4) is 0 Å². The number of furan rings is 1. The van der Waals surface area contributed by atoms with Gasteiger partial charge >= 0.3 is 5.97 Å². The quantitative estimate of drug-likeness (QED) is 0.888. The average molecular weight is 265 g/mol. The summed E-state index contributed by atoms with van der Waals surface area (Å²) in [5, 5.41) is 8.80. The van der Waals surface area contributed by atoms with Gasteiger partial charge in [-0.05, 0) is 44.7 Å². The normalized spacial score (nSPS) is 15.3. The van der Waals surface area contributed by atoms with E-state index in [1.54, 1.807) is 4.90 Å². The van der Waals surface area contributed by atoms with E-state index in [-0.39, 0.29) is 23.5 Å². The molecule has 104 valence electrons. The SMILES string of the molecule is CC(C)N(CC1CCC1)C(=O)c1ccc(C(=O)O)o1. The van der Waals surface area contributed by atoms with Gasteiger partial charge in [0.15, 0.2) is 5.76 Å². The maximum Gasteiger partial charge on any atom is 0.371 e. The van der Waals surface area contributed by atoms with E-state index in [2.05, 4.69) is 0 Å². The lowest BCUT2D eigenvalue weighted by atomic mass is 9.85. The Morgan fingerprint density at radius 2 is 2.00 bits per heavy atom. The lowest BCUT2D eigenvalue weighted by molar-refractivity contribution is 0.0587.